The second kappa shape index (κ2) is 6.07. The van der Waals surface area contributed by atoms with E-state index in [9.17, 15) is 9.59 Å². The zero-order valence-electron chi connectivity index (χ0n) is 14.1. The fourth-order valence-corrected chi connectivity index (χ4v) is 2.60. The number of carbonyl (C=O) groups is 2. The molecule has 1 aliphatic heterocycles. The minimum atomic E-state index is -0.529. The maximum absolute atomic E-state index is 12.5. The van der Waals surface area contributed by atoms with Crippen molar-refractivity contribution in [3.05, 3.63) is 65.0 Å². The van der Waals surface area contributed by atoms with Gasteiger partial charge in [0.2, 0.25) is 5.78 Å². The molecule has 3 rings (SSSR count). The Hall–Kier alpha value is -2.69. The number of aromatic nitrogens is 1. The van der Waals surface area contributed by atoms with Crippen LogP contribution >= 0.6 is 0 Å². The average molecular weight is 324 g/mol. The molecule has 0 N–H and O–H groups in total. The fourth-order valence-electron chi connectivity index (χ4n) is 2.60. The molecule has 5 heteroatoms. The van der Waals surface area contributed by atoms with Gasteiger partial charge in [0.05, 0.1) is 6.54 Å². The lowest BCUT2D eigenvalue weighted by Crippen LogP contribution is -2.33. The van der Waals surface area contributed by atoms with Crippen LogP contribution in [0, 0.1) is 0 Å². The first-order valence-electron chi connectivity index (χ1n) is 7.89. The van der Waals surface area contributed by atoms with Crippen LogP contribution in [0.1, 0.15) is 48.0 Å². The van der Waals surface area contributed by atoms with Crippen molar-refractivity contribution >= 4 is 11.9 Å². The molecule has 1 amide bonds. The van der Waals surface area contributed by atoms with Gasteiger partial charge in [0, 0.05) is 18.3 Å². The lowest BCUT2D eigenvalue weighted by Gasteiger charge is -2.24. The van der Waals surface area contributed by atoms with Crippen LogP contribution in [0.2, 0.25) is 0 Å². The van der Waals surface area contributed by atoms with Gasteiger partial charge in [-0.1, -0.05) is 30.3 Å². The third-order valence-corrected chi connectivity index (χ3v) is 3.73. The van der Waals surface area contributed by atoms with Gasteiger partial charge in [0.25, 0.3) is 0 Å². The molecule has 0 spiro atoms. The van der Waals surface area contributed by atoms with Crippen molar-refractivity contribution in [3.63, 3.8) is 0 Å². The van der Waals surface area contributed by atoms with Gasteiger partial charge in [-0.25, -0.2) is 4.79 Å². The number of hydrogen-bond donors (Lipinski definition) is 0. The van der Waals surface area contributed by atoms with E-state index in [1.54, 1.807) is 29.3 Å². The van der Waals surface area contributed by atoms with Crippen molar-refractivity contribution in [2.75, 3.05) is 0 Å². The Bertz CT molecular complexity index is 779. The molecule has 124 valence electrons. The molecule has 2 heterocycles. The molecule has 0 aliphatic carbocycles. The summed E-state index contributed by atoms with van der Waals surface area (Å²) < 4.78 is 5.40. The predicted octanol–water partition coefficient (Wildman–Crippen LogP) is 3.56. The van der Waals surface area contributed by atoms with E-state index in [4.69, 9.17) is 4.74 Å². The zero-order valence-corrected chi connectivity index (χ0v) is 14.1. The average Bonchev–Trinajstić information content (AvgIpc) is 2.96. The quantitative estimate of drug-likeness (QED) is 0.793. The molecule has 1 aromatic carbocycles. The number of rotatable bonds is 2. The summed E-state index contributed by atoms with van der Waals surface area (Å²) in [6.45, 7) is 6.41. The van der Waals surface area contributed by atoms with Crippen LogP contribution in [0.15, 0.2) is 42.6 Å². The summed E-state index contributed by atoms with van der Waals surface area (Å²) in [5.74, 6) is -0.117. The van der Waals surface area contributed by atoms with Crippen molar-refractivity contribution in [3.8, 4) is 0 Å². The molecule has 0 unspecified atom stereocenters. The lowest BCUT2D eigenvalue weighted by atomic mass is 10.1. The number of hydrogen-bond acceptors (Lipinski definition) is 4. The van der Waals surface area contributed by atoms with Crippen LogP contribution in [0.25, 0.3) is 0 Å². The van der Waals surface area contributed by atoms with E-state index < -0.39 is 5.60 Å². The first kappa shape index (κ1) is 16.2. The Balaban J connectivity index is 1.77. The second-order valence-corrected chi connectivity index (χ2v) is 6.87. The lowest BCUT2D eigenvalue weighted by molar-refractivity contribution is 0.0241. The van der Waals surface area contributed by atoms with E-state index in [0.29, 0.717) is 24.3 Å². The Labute approximate surface area is 141 Å². The molecule has 5 nitrogen and oxygen atoms in total. The third kappa shape index (κ3) is 3.45. The topological polar surface area (TPSA) is 59.5 Å². The van der Waals surface area contributed by atoms with Crippen LogP contribution in [0.4, 0.5) is 4.79 Å². The van der Waals surface area contributed by atoms with Crippen molar-refractivity contribution in [2.24, 2.45) is 0 Å². The highest BCUT2D eigenvalue weighted by Crippen LogP contribution is 2.25. The summed E-state index contributed by atoms with van der Waals surface area (Å²) in [5, 5.41) is 0. The standard InChI is InChI=1S/C19H20N2O3/c1-19(2,3)24-18(23)21-11-14-9-16(20-10-15(14)12-21)17(22)13-7-5-4-6-8-13/h4-10H,11-12H2,1-3H3. The molecule has 1 aliphatic rings. The van der Waals surface area contributed by atoms with Gasteiger partial charge < -0.3 is 4.74 Å². The molecular formula is C19H20N2O3. The van der Waals surface area contributed by atoms with Gasteiger partial charge in [-0.3, -0.25) is 14.7 Å². The molecule has 0 fully saturated rings. The van der Waals surface area contributed by atoms with E-state index in [-0.39, 0.29) is 11.9 Å². The Morgan fingerprint density at radius 1 is 1.08 bits per heavy atom. The number of ether oxygens (including phenoxy) is 1. The van der Waals surface area contributed by atoms with Gasteiger partial charge in [-0.05, 0) is 38.0 Å². The maximum atomic E-state index is 12.5. The van der Waals surface area contributed by atoms with E-state index in [1.165, 1.54) is 0 Å². The highest BCUT2D eigenvalue weighted by molar-refractivity contribution is 6.07. The minimum absolute atomic E-state index is 0.117. The smallest absolute Gasteiger partial charge is 0.410 e. The van der Waals surface area contributed by atoms with E-state index >= 15 is 0 Å². The Kier molecular flexibility index (Phi) is 4.09. The summed E-state index contributed by atoms with van der Waals surface area (Å²) in [6, 6.07) is 10.8. The van der Waals surface area contributed by atoms with Crippen molar-refractivity contribution in [2.45, 2.75) is 39.5 Å². The van der Waals surface area contributed by atoms with Crippen molar-refractivity contribution in [1.29, 1.82) is 0 Å². The summed E-state index contributed by atoms with van der Waals surface area (Å²) in [5.41, 5.74) is 2.36. The van der Waals surface area contributed by atoms with Crippen LogP contribution in [-0.4, -0.2) is 27.4 Å². The number of nitrogens with zero attached hydrogens (tertiary/aromatic N) is 2. The van der Waals surface area contributed by atoms with Crippen LogP contribution in [0.3, 0.4) is 0 Å². The fraction of sp³-hybridized carbons (Fsp3) is 0.316. The predicted molar refractivity (Wildman–Crippen MR) is 89.6 cm³/mol. The highest BCUT2D eigenvalue weighted by atomic mass is 16.6. The molecule has 0 saturated heterocycles. The van der Waals surface area contributed by atoms with Gasteiger partial charge in [0.15, 0.2) is 0 Å². The number of pyridine rings is 1. The first-order chi connectivity index (χ1) is 11.3. The molecule has 0 bridgehead atoms. The Morgan fingerprint density at radius 3 is 2.42 bits per heavy atom. The number of fused-ring (bicyclic) bond motifs is 1. The van der Waals surface area contributed by atoms with Gasteiger partial charge in [-0.2, -0.15) is 0 Å². The number of amides is 1. The number of ketones is 1. The zero-order chi connectivity index (χ0) is 17.3. The SMILES string of the molecule is CC(C)(C)OC(=O)N1Cc2cnc(C(=O)c3ccccc3)cc2C1. The normalized spacial score (nSPS) is 13.5. The number of carbonyl (C=O) groups excluding carboxylic acids is 2. The summed E-state index contributed by atoms with van der Waals surface area (Å²) >= 11 is 0. The third-order valence-electron chi connectivity index (χ3n) is 3.73. The molecule has 2 aromatic rings. The maximum Gasteiger partial charge on any atom is 0.410 e. The number of benzene rings is 1. The molecular weight excluding hydrogens is 304 g/mol. The summed E-state index contributed by atoms with van der Waals surface area (Å²) in [7, 11) is 0. The largest absolute Gasteiger partial charge is 0.444 e. The molecule has 0 saturated carbocycles. The van der Waals surface area contributed by atoms with Crippen LogP contribution in [0.5, 0.6) is 0 Å². The van der Waals surface area contributed by atoms with Gasteiger partial charge in [-0.15, -0.1) is 0 Å². The van der Waals surface area contributed by atoms with Crippen LogP contribution < -0.4 is 0 Å². The van der Waals surface area contributed by atoms with Gasteiger partial charge in [0.1, 0.15) is 11.3 Å². The molecule has 24 heavy (non-hydrogen) atoms. The van der Waals surface area contributed by atoms with Crippen LogP contribution in [-0.2, 0) is 17.8 Å². The highest BCUT2D eigenvalue weighted by Gasteiger charge is 2.28. The minimum Gasteiger partial charge on any atom is -0.444 e. The Morgan fingerprint density at radius 2 is 1.75 bits per heavy atom. The molecule has 0 radical (unpaired) electrons. The summed E-state index contributed by atoms with van der Waals surface area (Å²) in [4.78, 5) is 30.6. The summed E-state index contributed by atoms with van der Waals surface area (Å²) in [6.07, 6.45) is 1.32. The monoisotopic (exact) mass is 324 g/mol. The van der Waals surface area contributed by atoms with Crippen molar-refractivity contribution in [1.82, 2.24) is 9.88 Å². The van der Waals surface area contributed by atoms with E-state index in [1.807, 2.05) is 39.0 Å². The second-order valence-electron chi connectivity index (χ2n) is 6.87. The van der Waals surface area contributed by atoms with E-state index in [2.05, 4.69) is 4.98 Å². The first-order valence-corrected chi connectivity index (χ1v) is 7.89. The molecule has 0 atom stereocenters. The molecule has 1 aromatic heterocycles. The van der Waals surface area contributed by atoms with Gasteiger partial charge >= 0.3 is 6.09 Å². The van der Waals surface area contributed by atoms with Crippen molar-refractivity contribution < 1.29 is 14.3 Å². The van der Waals surface area contributed by atoms with E-state index in [0.717, 1.165) is 11.1 Å².